The number of benzene rings is 1. The van der Waals surface area contributed by atoms with Gasteiger partial charge in [-0.3, -0.25) is 14.5 Å². The number of nitrogens with zero attached hydrogens (tertiary/aromatic N) is 1. The molecule has 164 valence electrons. The monoisotopic (exact) mass is 558 g/mol. The van der Waals surface area contributed by atoms with Crippen LogP contribution in [0.2, 0.25) is 0 Å². The number of alkyl halides is 4. The minimum absolute atomic E-state index is 0.0695. The number of hydrogen-bond donors (Lipinski definition) is 1. The number of hydrogen-bond acceptors (Lipinski definition) is 5. The highest BCUT2D eigenvalue weighted by atomic mass is 79.9. The van der Waals surface area contributed by atoms with E-state index < -0.39 is 55.2 Å². The molecule has 4 unspecified atom stereocenters. The highest BCUT2D eigenvalue weighted by molar-refractivity contribution is 9.10. The van der Waals surface area contributed by atoms with Crippen molar-refractivity contribution in [2.75, 3.05) is 12.4 Å². The van der Waals surface area contributed by atoms with Crippen LogP contribution in [0.3, 0.4) is 0 Å². The summed E-state index contributed by atoms with van der Waals surface area (Å²) in [6.45, 7) is 1.14. The van der Waals surface area contributed by atoms with E-state index >= 15 is 0 Å². The third-order valence-corrected chi connectivity index (χ3v) is 8.08. The van der Waals surface area contributed by atoms with Crippen LogP contribution in [0.25, 0.3) is 0 Å². The van der Waals surface area contributed by atoms with Crippen LogP contribution in [0.4, 0.5) is 0 Å². The first kappa shape index (κ1) is 23.9. The Morgan fingerprint density at radius 3 is 2.60 bits per heavy atom. The van der Waals surface area contributed by atoms with Gasteiger partial charge in [0.1, 0.15) is 12.4 Å². The van der Waals surface area contributed by atoms with Gasteiger partial charge < -0.3 is 14.6 Å². The average molecular weight is 561 g/mol. The van der Waals surface area contributed by atoms with Gasteiger partial charge in [-0.25, -0.2) is 4.79 Å². The number of esters is 1. The van der Waals surface area contributed by atoms with Crippen LogP contribution in [0, 0.1) is 0 Å². The van der Waals surface area contributed by atoms with Crippen LogP contribution < -0.4 is 5.32 Å². The molecule has 2 heterocycles. The number of ether oxygens (including phenoxy) is 1. The lowest BCUT2D eigenvalue weighted by Gasteiger charge is -2.55. The molecular formula is C18H18BrCl3N2O5S. The minimum atomic E-state index is -1.80. The van der Waals surface area contributed by atoms with Crippen molar-refractivity contribution in [3.05, 3.63) is 35.9 Å². The molecule has 2 saturated heterocycles. The molecule has 12 heteroatoms. The van der Waals surface area contributed by atoms with Gasteiger partial charge >= 0.3 is 5.97 Å². The fraction of sp³-hybridized carbons (Fsp3) is 0.500. The molecule has 30 heavy (non-hydrogen) atoms. The molecule has 5 atom stereocenters. The molecule has 2 aliphatic heterocycles. The smallest absolute Gasteiger partial charge is 0.330 e. The first-order chi connectivity index (χ1) is 13.9. The van der Waals surface area contributed by atoms with Crippen molar-refractivity contribution in [3.63, 3.8) is 0 Å². The number of fused-ring (bicyclic) bond motifs is 1. The Bertz CT molecular complexity index is 839. The molecule has 3 rings (SSSR count). The van der Waals surface area contributed by atoms with Gasteiger partial charge in [-0.1, -0.05) is 81.1 Å². The predicted molar refractivity (Wildman–Crippen MR) is 118 cm³/mol. The first-order valence-electron chi connectivity index (χ1n) is 8.86. The number of halogens is 4. The summed E-state index contributed by atoms with van der Waals surface area (Å²) in [7, 11) is 0. The van der Waals surface area contributed by atoms with E-state index in [-0.39, 0.29) is 18.1 Å². The standard InChI is InChI=1S/C18H18BrCl3N2O5S/c1-17(19)9-30(28)15-12(23-11(25)7-10-5-3-2-4-6-10)14(26)24(15)13(17)16(27)29-8-18(20,21)22/h2-6,12-13,15H,7-9H2,1H3,(H,23,25)/t12?,13?,15-,17?,30?/m0/s1. The van der Waals surface area contributed by atoms with Crippen LogP contribution in [0.5, 0.6) is 0 Å². The van der Waals surface area contributed by atoms with Gasteiger partial charge in [0.15, 0.2) is 12.1 Å². The summed E-state index contributed by atoms with van der Waals surface area (Å²) in [6.07, 6.45) is 0.0782. The molecule has 2 fully saturated rings. The van der Waals surface area contributed by atoms with E-state index in [4.69, 9.17) is 39.5 Å². The van der Waals surface area contributed by atoms with E-state index in [1.165, 1.54) is 4.90 Å². The largest absolute Gasteiger partial charge is 0.615 e. The molecule has 0 radical (unpaired) electrons. The molecule has 7 nitrogen and oxygen atoms in total. The lowest BCUT2D eigenvalue weighted by Crippen LogP contribution is -2.82. The highest BCUT2D eigenvalue weighted by Crippen LogP contribution is 2.43. The normalized spacial score (nSPS) is 30.9. The predicted octanol–water partition coefficient (Wildman–Crippen LogP) is 2.08. The van der Waals surface area contributed by atoms with Gasteiger partial charge in [-0.05, 0) is 23.7 Å². The maximum absolute atomic E-state index is 12.8. The van der Waals surface area contributed by atoms with Gasteiger partial charge in [0, 0.05) is 0 Å². The summed E-state index contributed by atoms with van der Waals surface area (Å²) in [5.41, 5.74) is 0.782. The van der Waals surface area contributed by atoms with E-state index in [9.17, 15) is 18.9 Å². The van der Waals surface area contributed by atoms with E-state index in [1.807, 2.05) is 6.07 Å². The van der Waals surface area contributed by atoms with E-state index in [2.05, 4.69) is 21.2 Å². The molecule has 0 bridgehead atoms. The lowest BCUT2D eigenvalue weighted by molar-refractivity contribution is -0.167. The third-order valence-electron chi connectivity index (χ3n) is 4.75. The van der Waals surface area contributed by atoms with Crippen LogP contribution >= 0.6 is 50.7 Å². The third kappa shape index (κ3) is 5.19. The number of nitrogens with one attached hydrogen (secondary N) is 1. The van der Waals surface area contributed by atoms with Crippen molar-refractivity contribution < 1.29 is 23.7 Å². The van der Waals surface area contributed by atoms with Crippen LogP contribution in [-0.4, -0.2) is 65.2 Å². The van der Waals surface area contributed by atoms with E-state index in [0.29, 0.717) is 0 Å². The Morgan fingerprint density at radius 1 is 1.37 bits per heavy atom. The Balaban J connectivity index is 1.72. The fourth-order valence-electron chi connectivity index (χ4n) is 3.50. The van der Waals surface area contributed by atoms with Crippen molar-refractivity contribution >= 4 is 79.7 Å². The Morgan fingerprint density at radius 2 is 2.00 bits per heavy atom. The van der Waals surface area contributed by atoms with Gasteiger partial charge in [-0.15, -0.1) is 0 Å². The van der Waals surface area contributed by atoms with Crippen LogP contribution in [0.1, 0.15) is 12.5 Å². The second-order valence-electron chi connectivity index (χ2n) is 7.27. The van der Waals surface area contributed by atoms with Gasteiger partial charge in [0.25, 0.3) is 5.91 Å². The summed E-state index contributed by atoms with van der Waals surface area (Å²) < 4.78 is 15.0. The topological polar surface area (TPSA) is 98.8 Å². The zero-order valence-electron chi connectivity index (χ0n) is 15.6. The van der Waals surface area contributed by atoms with E-state index in [0.717, 1.165) is 5.56 Å². The van der Waals surface area contributed by atoms with Gasteiger partial charge in [0.05, 0.1) is 10.7 Å². The van der Waals surface area contributed by atoms with Gasteiger partial charge in [0.2, 0.25) is 15.1 Å². The summed E-state index contributed by atoms with van der Waals surface area (Å²) in [5, 5.41) is 1.79. The Hall–Kier alpha value is -0.710. The zero-order valence-corrected chi connectivity index (χ0v) is 20.3. The number of carbonyl (C=O) groups excluding carboxylic acids is 3. The average Bonchev–Trinajstić information content (AvgIpc) is 2.63. The molecule has 1 aromatic rings. The van der Waals surface area contributed by atoms with Crippen LogP contribution in [0.15, 0.2) is 30.3 Å². The molecule has 0 aromatic heterocycles. The molecule has 0 spiro atoms. The quantitative estimate of drug-likeness (QED) is 0.257. The molecule has 0 aliphatic carbocycles. The Labute approximate surface area is 200 Å². The van der Waals surface area contributed by atoms with Crippen molar-refractivity contribution in [3.8, 4) is 0 Å². The molecule has 2 amide bonds. The number of amides is 2. The number of carbonyl (C=O) groups is 3. The first-order valence-corrected chi connectivity index (χ1v) is 12.2. The van der Waals surface area contributed by atoms with Crippen molar-refractivity contribution in [1.82, 2.24) is 10.2 Å². The summed E-state index contributed by atoms with van der Waals surface area (Å²) in [5.74, 6) is -1.61. The molecule has 1 N–H and O–H groups in total. The van der Waals surface area contributed by atoms with Crippen molar-refractivity contribution in [1.29, 1.82) is 0 Å². The molecule has 0 saturated carbocycles. The van der Waals surface area contributed by atoms with Crippen molar-refractivity contribution in [2.24, 2.45) is 0 Å². The zero-order chi connectivity index (χ0) is 22.3. The molecular weight excluding hydrogens is 543 g/mol. The summed E-state index contributed by atoms with van der Waals surface area (Å²) in [6, 6.07) is 6.97. The Kier molecular flexibility index (Phi) is 7.21. The number of β-lactam (4-membered cyclic amide) rings is 1. The lowest BCUT2D eigenvalue weighted by atomic mass is 9.94. The maximum atomic E-state index is 12.8. The van der Waals surface area contributed by atoms with Gasteiger partial charge in [-0.2, -0.15) is 0 Å². The maximum Gasteiger partial charge on any atom is 0.330 e. The fourth-order valence-corrected chi connectivity index (χ4v) is 6.60. The van der Waals surface area contributed by atoms with Crippen LogP contribution in [-0.2, 0) is 36.7 Å². The minimum Gasteiger partial charge on any atom is -0.615 e. The summed E-state index contributed by atoms with van der Waals surface area (Å²) in [4.78, 5) is 39.0. The number of rotatable bonds is 5. The SMILES string of the molecule is CC1(Br)C[S+]([O-])[C@H]2C(NC(=O)Cc3ccccc3)C(=O)N2C1C(=O)OCC(Cl)(Cl)Cl. The summed E-state index contributed by atoms with van der Waals surface area (Å²) >= 11 is 18.8. The second kappa shape index (κ2) is 9.03. The van der Waals surface area contributed by atoms with E-state index in [1.54, 1.807) is 31.2 Å². The second-order valence-corrected chi connectivity index (χ2v) is 13.1. The molecule has 1 aromatic carbocycles. The molecule has 2 aliphatic rings. The van der Waals surface area contributed by atoms with Crippen molar-refractivity contribution in [2.45, 2.75) is 38.9 Å². The highest BCUT2D eigenvalue weighted by Gasteiger charge is 2.67.